The lowest BCUT2D eigenvalue weighted by Gasteiger charge is -2.33. The van der Waals surface area contributed by atoms with Gasteiger partial charge in [-0.2, -0.15) is 11.8 Å². The summed E-state index contributed by atoms with van der Waals surface area (Å²) in [6.07, 6.45) is 1.22. The molecule has 1 aromatic heterocycles. The molecule has 19 heavy (non-hydrogen) atoms. The van der Waals surface area contributed by atoms with Crippen LogP contribution in [0.1, 0.15) is 38.9 Å². The zero-order valence-corrected chi connectivity index (χ0v) is 13.1. The third-order valence-corrected chi connectivity index (χ3v) is 4.79. The van der Waals surface area contributed by atoms with E-state index >= 15 is 0 Å². The van der Waals surface area contributed by atoms with Crippen LogP contribution in [0, 0.1) is 0 Å². The van der Waals surface area contributed by atoms with Crippen LogP contribution in [0.5, 0.6) is 0 Å². The molecule has 5 heteroatoms. The molecule has 1 N–H and O–H groups in total. The first kappa shape index (κ1) is 14.4. The molecule has 1 unspecified atom stereocenters. The zero-order chi connectivity index (χ0) is 13.8. The summed E-state index contributed by atoms with van der Waals surface area (Å²) in [6.45, 7) is 8.72. The van der Waals surface area contributed by atoms with Crippen molar-refractivity contribution in [1.29, 1.82) is 0 Å². The molecule has 1 aliphatic rings. The van der Waals surface area contributed by atoms with Crippen molar-refractivity contribution in [2.75, 3.05) is 36.1 Å². The average Bonchev–Trinajstić information content (AvgIpc) is 2.46. The Hall–Kier alpha value is -0.970. The molecule has 1 aliphatic heterocycles. The van der Waals surface area contributed by atoms with Gasteiger partial charge in [0.25, 0.3) is 0 Å². The summed E-state index contributed by atoms with van der Waals surface area (Å²) >= 11 is 2.08. The Morgan fingerprint density at radius 1 is 1.47 bits per heavy atom. The molecule has 1 fully saturated rings. The number of hydrogen-bond acceptors (Lipinski definition) is 5. The molecule has 0 spiro atoms. The SMILES string of the molecule is CCC1CN(c2cc(NC)nc(C(C)C)n2)CCS1. The van der Waals surface area contributed by atoms with Gasteiger partial charge in [-0.1, -0.05) is 20.8 Å². The first-order valence-electron chi connectivity index (χ1n) is 7.07. The van der Waals surface area contributed by atoms with Crippen molar-refractivity contribution in [3.05, 3.63) is 11.9 Å². The molecule has 0 aliphatic carbocycles. The molecular formula is C14H24N4S. The number of rotatable bonds is 4. The fraction of sp³-hybridized carbons (Fsp3) is 0.714. The van der Waals surface area contributed by atoms with E-state index in [2.05, 4.69) is 53.8 Å². The van der Waals surface area contributed by atoms with E-state index in [1.165, 1.54) is 12.2 Å². The maximum atomic E-state index is 4.74. The summed E-state index contributed by atoms with van der Waals surface area (Å²) in [5, 5.41) is 3.87. The van der Waals surface area contributed by atoms with Gasteiger partial charge in [0.1, 0.15) is 17.5 Å². The van der Waals surface area contributed by atoms with Crippen LogP contribution in [0.15, 0.2) is 6.07 Å². The van der Waals surface area contributed by atoms with Gasteiger partial charge in [-0.15, -0.1) is 0 Å². The quantitative estimate of drug-likeness (QED) is 0.918. The van der Waals surface area contributed by atoms with Crippen molar-refractivity contribution >= 4 is 23.4 Å². The number of nitrogens with one attached hydrogen (secondary N) is 1. The first-order chi connectivity index (χ1) is 9.13. The van der Waals surface area contributed by atoms with Crippen molar-refractivity contribution in [3.8, 4) is 0 Å². The Labute approximate surface area is 120 Å². The molecule has 2 heterocycles. The van der Waals surface area contributed by atoms with Gasteiger partial charge in [0.2, 0.25) is 0 Å². The van der Waals surface area contributed by atoms with Gasteiger partial charge in [0, 0.05) is 43.1 Å². The third-order valence-electron chi connectivity index (χ3n) is 3.42. The normalized spacial score (nSPS) is 19.8. The molecule has 1 saturated heterocycles. The predicted octanol–water partition coefficient (Wildman–Crippen LogP) is 2.97. The minimum Gasteiger partial charge on any atom is -0.373 e. The molecule has 106 valence electrons. The molecular weight excluding hydrogens is 256 g/mol. The van der Waals surface area contributed by atoms with E-state index in [1.807, 2.05) is 7.05 Å². The Kier molecular flexibility index (Phi) is 4.91. The minimum atomic E-state index is 0.355. The standard InChI is InChI=1S/C14H24N4S/c1-5-11-9-18(6-7-19-11)13-8-12(15-4)16-14(17-13)10(2)3/h8,10-11H,5-7,9H2,1-4H3,(H,15,16,17). The highest BCUT2D eigenvalue weighted by molar-refractivity contribution is 8.00. The molecule has 0 amide bonds. The summed E-state index contributed by atoms with van der Waals surface area (Å²) in [6, 6.07) is 2.06. The third kappa shape index (κ3) is 3.53. The number of nitrogens with zero attached hydrogens (tertiary/aromatic N) is 3. The monoisotopic (exact) mass is 280 g/mol. The van der Waals surface area contributed by atoms with Gasteiger partial charge >= 0.3 is 0 Å². The maximum Gasteiger partial charge on any atom is 0.135 e. The Bertz CT molecular complexity index is 422. The summed E-state index contributed by atoms with van der Waals surface area (Å²) in [7, 11) is 1.91. The van der Waals surface area contributed by atoms with Crippen LogP contribution in [0.4, 0.5) is 11.6 Å². The summed E-state index contributed by atoms with van der Waals surface area (Å²) in [4.78, 5) is 11.7. The van der Waals surface area contributed by atoms with E-state index in [1.54, 1.807) is 0 Å². The van der Waals surface area contributed by atoms with Crippen molar-refractivity contribution in [2.24, 2.45) is 0 Å². The number of anilines is 2. The highest BCUT2D eigenvalue weighted by Gasteiger charge is 2.21. The van der Waals surface area contributed by atoms with E-state index in [4.69, 9.17) is 4.98 Å². The molecule has 1 atom stereocenters. The predicted molar refractivity (Wildman–Crippen MR) is 84.4 cm³/mol. The van der Waals surface area contributed by atoms with Crippen molar-refractivity contribution in [1.82, 2.24) is 9.97 Å². The second-order valence-electron chi connectivity index (χ2n) is 5.22. The van der Waals surface area contributed by atoms with Gasteiger partial charge in [0.05, 0.1) is 0 Å². The molecule has 0 radical (unpaired) electrons. The van der Waals surface area contributed by atoms with Crippen LogP contribution in [0.3, 0.4) is 0 Å². The molecule has 2 rings (SSSR count). The van der Waals surface area contributed by atoms with Gasteiger partial charge < -0.3 is 10.2 Å². The lowest BCUT2D eigenvalue weighted by atomic mass is 10.2. The van der Waals surface area contributed by atoms with Gasteiger partial charge in [-0.05, 0) is 6.42 Å². The fourth-order valence-corrected chi connectivity index (χ4v) is 3.36. The largest absolute Gasteiger partial charge is 0.373 e. The van der Waals surface area contributed by atoms with Crippen LogP contribution < -0.4 is 10.2 Å². The van der Waals surface area contributed by atoms with E-state index in [0.29, 0.717) is 5.92 Å². The molecule has 0 saturated carbocycles. The number of hydrogen-bond donors (Lipinski definition) is 1. The molecule has 1 aromatic rings. The second kappa shape index (κ2) is 6.46. The van der Waals surface area contributed by atoms with Gasteiger partial charge in [0.15, 0.2) is 0 Å². The fourth-order valence-electron chi connectivity index (χ4n) is 2.18. The Morgan fingerprint density at radius 2 is 2.26 bits per heavy atom. The lowest BCUT2D eigenvalue weighted by molar-refractivity contribution is 0.706. The first-order valence-corrected chi connectivity index (χ1v) is 8.12. The van der Waals surface area contributed by atoms with Crippen molar-refractivity contribution in [3.63, 3.8) is 0 Å². The second-order valence-corrected chi connectivity index (χ2v) is 6.63. The Balaban J connectivity index is 2.25. The topological polar surface area (TPSA) is 41.0 Å². The van der Waals surface area contributed by atoms with Crippen molar-refractivity contribution in [2.45, 2.75) is 38.4 Å². The van der Waals surface area contributed by atoms with E-state index in [9.17, 15) is 0 Å². The summed E-state index contributed by atoms with van der Waals surface area (Å²) in [5.41, 5.74) is 0. The van der Waals surface area contributed by atoms with Crippen LogP contribution in [0.2, 0.25) is 0 Å². The number of aromatic nitrogens is 2. The van der Waals surface area contributed by atoms with Crippen LogP contribution in [-0.2, 0) is 0 Å². The van der Waals surface area contributed by atoms with Crippen LogP contribution in [-0.4, -0.2) is 41.1 Å². The zero-order valence-electron chi connectivity index (χ0n) is 12.3. The highest BCUT2D eigenvalue weighted by atomic mass is 32.2. The Morgan fingerprint density at radius 3 is 2.89 bits per heavy atom. The molecule has 4 nitrogen and oxygen atoms in total. The number of thioether (sulfide) groups is 1. The smallest absolute Gasteiger partial charge is 0.135 e. The lowest BCUT2D eigenvalue weighted by Crippen LogP contribution is -2.38. The molecule has 0 aromatic carbocycles. The van der Waals surface area contributed by atoms with Crippen LogP contribution in [0.25, 0.3) is 0 Å². The summed E-state index contributed by atoms with van der Waals surface area (Å²) < 4.78 is 0. The minimum absolute atomic E-state index is 0.355. The van der Waals surface area contributed by atoms with Crippen LogP contribution >= 0.6 is 11.8 Å². The van der Waals surface area contributed by atoms with E-state index < -0.39 is 0 Å². The van der Waals surface area contributed by atoms with E-state index in [-0.39, 0.29) is 0 Å². The summed E-state index contributed by atoms with van der Waals surface area (Å²) in [5.74, 6) is 4.46. The molecule has 0 bridgehead atoms. The van der Waals surface area contributed by atoms with Gasteiger partial charge in [-0.25, -0.2) is 9.97 Å². The van der Waals surface area contributed by atoms with Crippen molar-refractivity contribution < 1.29 is 0 Å². The van der Waals surface area contributed by atoms with E-state index in [0.717, 1.165) is 35.8 Å². The van der Waals surface area contributed by atoms with Gasteiger partial charge in [-0.3, -0.25) is 0 Å². The average molecular weight is 280 g/mol. The highest BCUT2D eigenvalue weighted by Crippen LogP contribution is 2.26. The maximum absolute atomic E-state index is 4.74.